The Kier molecular flexibility index (Phi) is 8.39. The second-order valence-electron chi connectivity index (χ2n) is 5.32. The van der Waals surface area contributed by atoms with E-state index in [2.05, 4.69) is 16.0 Å². The standard InChI is InChI=1S/C13H23N5O6/c1-5(14)10(20)16-6(2)11(21)17-7(3)12(22)18-8(13(23)24)4-9(15)19/h5-8H,4,14H2,1-3H3,(H2,15,19)(H,16,20)(H,17,21)(H,18,22)(H,23,24). The zero-order valence-electron chi connectivity index (χ0n) is 13.7. The van der Waals surface area contributed by atoms with Gasteiger partial charge in [0.05, 0.1) is 12.5 Å². The van der Waals surface area contributed by atoms with Crippen molar-refractivity contribution in [1.82, 2.24) is 16.0 Å². The summed E-state index contributed by atoms with van der Waals surface area (Å²) in [5.74, 6) is -4.34. The molecule has 0 spiro atoms. The number of hydrogen-bond donors (Lipinski definition) is 6. The van der Waals surface area contributed by atoms with E-state index >= 15 is 0 Å². The summed E-state index contributed by atoms with van der Waals surface area (Å²) in [5, 5.41) is 15.6. The normalized spacial score (nSPS) is 15.3. The van der Waals surface area contributed by atoms with Gasteiger partial charge in [0.2, 0.25) is 23.6 Å². The molecule has 0 aromatic rings. The summed E-state index contributed by atoms with van der Waals surface area (Å²) in [6.07, 6.45) is -0.581. The summed E-state index contributed by atoms with van der Waals surface area (Å²) in [7, 11) is 0. The lowest BCUT2D eigenvalue weighted by Gasteiger charge is -2.20. The van der Waals surface area contributed by atoms with E-state index in [1.165, 1.54) is 20.8 Å². The number of carboxylic acid groups (broad SMARTS) is 1. The second kappa shape index (κ2) is 9.45. The van der Waals surface area contributed by atoms with Gasteiger partial charge in [0.1, 0.15) is 18.1 Å². The molecule has 0 aromatic carbocycles. The highest BCUT2D eigenvalue weighted by Crippen LogP contribution is 1.95. The first kappa shape index (κ1) is 21.3. The summed E-state index contributed by atoms with van der Waals surface area (Å²) >= 11 is 0. The van der Waals surface area contributed by atoms with Gasteiger partial charge in [-0.05, 0) is 20.8 Å². The molecule has 0 aliphatic rings. The van der Waals surface area contributed by atoms with Crippen molar-refractivity contribution in [2.24, 2.45) is 11.5 Å². The third kappa shape index (κ3) is 7.54. The fourth-order valence-electron chi connectivity index (χ4n) is 1.51. The molecule has 24 heavy (non-hydrogen) atoms. The van der Waals surface area contributed by atoms with Crippen LogP contribution in [-0.2, 0) is 24.0 Å². The molecule has 0 saturated heterocycles. The van der Waals surface area contributed by atoms with E-state index in [1.54, 1.807) is 0 Å². The number of nitrogens with two attached hydrogens (primary N) is 2. The Morgan fingerprint density at radius 3 is 1.67 bits per heavy atom. The maximum atomic E-state index is 11.9. The Balaban J connectivity index is 4.62. The molecule has 0 aliphatic heterocycles. The Labute approximate surface area is 138 Å². The van der Waals surface area contributed by atoms with Crippen LogP contribution in [0.2, 0.25) is 0 Å². The van der Waals surface area contributed by atoms with Crippen molar-refractivity contribution in [1.29, 1.82) is 0 Å². The van der Waals surface area contributed by atoms with E-state index in [1.807, 2.05) is 0 Å². The molecule has 0 heterocycles. The lowest BCUT2D eigenvalue weighted by atomic mass is 10.1. The first-order valence-electron chi connectivity index (χ1n) is 7.13. The topological polar surface area (TPSA) is 194 Å². The van der Waals surface area contributed by atoms with Gasteiger partial charge in [0.15, 0.2) is 0 Å². The fraction of sp³-hybridized carbons (Fsp3) is 0.615. The molecule has 11 nitrogen and oxygen atoms in total. The Hall–Kier alpha value is -2.69. The van der Waals surface area contributed by atoms with Crippen LogP contribution < -0.4 is 27.4 Å². The largest absolute Gasteiger partial charge is 0.480 e. The lowest BCUT2D eigenvalue weighted by Crippen LogP contribution is -2.55. The molecular formula is C13H23N5O6. The SMILES string of the molecule is CC(N)C(=O)NC(C)C(=O)NC(C)C(=O)NC(CC(N)=O)C(=O)O. The van der Waals surface area contributed by atoms with Crippen LogP contribution in [0, 0.1) is 0 Å². The average Bonchev–Trinajstić information content (AvgIpc) is 2.45. The van der Waals surface area contributed by atoms with Gasteiger partial charge in [-0.15, -0.1) is 0 Å². The molecule has 0 aliphatic carbocycles. The molecule has 0 fully saturated rings. The molecule has 8 N–H and O–H groups in total. The van der Waals surface area contributed by atoms with Crippen LogP contribution in [0.1, 0.15) is 27.2 Å². The minimum atomic E-state index is -1.50. The molecular weight excluding hydrogens is 322 g/mol. The van der Waals surface area contributed by atoms with E-state index in [-0.39, 0.29) is 0 Å². The highest BCUT2D eigenvalue weighted by molar-refractivity contribution is 5.94. The number of amides is 4. The summed E-state index contributed by atoms with van der Waals surface area (Å²) in [4.78, 5) is 56.9. The third-order valence-corrected chi connectivity index (χ3v) is 2.94. The molecule has 136 valence electrons. The van der Waals surface area contributed by atoms with Crippen LogP contribution in [0.25, 0.3) is 0 Å². The highest BCUT2D eigenvalue weighted by Gasteiger charge is 2.26. The van der Waals surface area contributed by atoms with Crippen molar-refractivity contribution < 1.29 is 29.1 Å². The van der Waals surface area contributed by atoms with Crippen molar-refractivity contribution in [3.63, 3.8) is 0 Å². The number of carbonyl (C=O) groups excluding carboxylic acids is 4. The van der Waals surface area contributed by atoms with Gasteiger partial charge >= 0.3 is 5.97 Å². The summed E-state index contributed by atoms with van der Waals surface area (Å²) < 4.78 is 0. The van der Waals surface area contributed by atoms with Crippen LogP contribution in [0.3, 0.4) is 0 Å². The van der Waals surface area contributed by atoms with E-state index in [0.29, 0.717) is 0 Å². The lowest BCUT2D eigenvalue weighted by molar-refractivity contribution is -0.143. The Morgan fingerprint density at radius 2 is 1.29 bits per heavy atom. The van der Waals surface area contributed by atoms with Gasteiger partial charge in [-0.25, -0.2) is 4.79 Å². The van der Waals surface area contributed by atoms with Gasteiger partial charge in [0.25, 0.3) is 0 Å². The highest BCUT2D eigenvalue weighted by atomic mass is 16.4. The molecule has 0 bridgehead atoms. The molecule has 4 atom stereocenters. The number of aliphatic carboxylic acids is 1. The number of nitrogens with one attached hydrogen (secondary N) is 3. The monoisotopic (exact) mass is 345 g/mol. The summed E-state index contributed by atoms with van der Waals surface area (Å²) in [5.41, 5.74) is 10.3. The van der Waals surface area contributed by atoms with Crippen LogP contribution in [0.5, 0.6) is 0 Å². The molecule has 0 aromatic heterocycles. The summed E-state index contributed by atoms with van der Waals surface area (Å²) in [6.45, 7) is 4.16. The van der Waals surface area contributed by atoms with E-state index in [0.717, 1.165) is 0 Å². The minimum absolute atomic E-state index is 0.540. The van der Waals surface area contributed by atoms with Crippen molar-refractivity contribution >= 4 is 29.6 Å². The van der Waals surface area contributed by atoms with Crippen LogP contribution in [-0.4, -0.2) is 58.9 Å². The molecule has 0 radical (unpaired) electrons. The van der Waals surface area contributed by atoms with Crippen LogP contribution in [0.4, 0.5) is 0 Å². The molecule has 11 heteroatoms. The quantitative estimate of drug-likeness (QED) is 0.253. The van der Waals surface area contributed by atoms with Crippen LogP contribution in [0.15, 0.2) is 0 Å². The van der Waals surface area contributed by atoms with Crippen LogP contribution >= 0.6 is 0 Å². The zero-order chi connectivity index (χ0) is 19.0. The minimum Gasteiger partial charge on any atom is -0.480 e. The average molecular weight is 345 g/mol. The van der Waals surface area contributed by atoms with Gasteiger partial charge < -0.3 is 32.5 Å². The predicted octanol–water partition coefficient (Wildman–Crippen LogP) is -3.21. The maximum absolute atomic E-state index is 11.9. The van der Waals surface area contributed by atoms with Crippen molar-refractivity contribution in [3.8, 4) is 0 Å². The molecule has 4 amide bonds. The van der Waals surface area contributed by atoms with Crippen molar-refractivity contribution in [3.05, 3.63) is 0 Å². The fourth-order valence-corrected chi connectivity index (χ4v) is 1.51. The zero-order valence-corrected chi connectivity index (χ0v) is 13.7. The van der Waals surface area contributed by atoms with Gasteiger partial charge in [-0.2, -0.15) is 0 Å². The molecule has 0 saturated carbocycles. The maximum Gasteiger partial charge on any atom is 0.326 e. The predicted molar refractivity (Wildman–Crippen MR) is 82.2 cm³/mol. The molecule has 0 rings (SSSR count). The van der Waals surface area contributed by atoms with Gasteiger partial charge in [0, 0.05) is 0 Å². The number of rotatable bonds is 9. The Morgan fingerprint density at radius 1 is 0.875 bits per heavy atom. The first-order valence-corrected chi connectivity index (χ1v) is 7.13. The van der Waals surface area contributed by atoms with Gasteiger partial charge in [-0.3, -0.25) is 19.2 Å². The van der Waals surface area contributed by atoms with Crippen molar-refractivity contribution in [2.75, 3.05) is 0 Å². The van der Waals surface area contributed by atoms with E-state index < -0.39 is 60.2 Å². The number of primary amides is 1. The van der Waals surface area contributed by atoms with Gasteiger partial charge in [-0.1, -0.05) is 0 Å². The second-order valence-corrected chi connectivity index (χ2v) is 5.32. The van der Waals surface area contributed by atoms with Crippen molar-refractivity contribution in [2.45, 2.75) is 51.4 Å². The number of hydrogen-bond acceptors (Lipinski definition) is 6. The van der Waals surface area contributed by atoms with E-state index in [9.17, 15) is 24.0 Å². The molecule has 4 unspecified atom stereocenters. The summed E-state index contributed by atoms with van der Waals surface area (Å²) in [6, 6.07) is -4.34. The Bertz CT molecular complexity index is 521. The van der Waals surface area contributed by atoms with E-state index in [4.69, 9.17) is 16.6 Å². The third-order valence-electron chi connectivity index (χ3n) is 2.94. The smallest absolute Gasteiger partial charge is 0.326 e. The first-order chi connectivity index (χ1) is 11.0. The number of carbonyl (C=O) groups is 5. The number of carboxylic acids is 1.